The van der Waals surface area contributed by atoms with Crippen molar-refractivity contribution in [2.45, 2.75) is 46.5 Å². The van der Waals surface area contributed by atoms with Crippen LogP contribution in [0, 0.1) is 23.7 Å². The Hall–Kier alpha value is -0.520. The summed E-state index contributed by atoms with van der Waals surface area (Å²) in [5.74, 6) is 3.41. The number of hydrogen-bond acceptors (Lipinski definition) is 0. The molecule has 0 bridgehead atoms. The zero-order chi connectivity index (χ0) is 11.0. The summed E-state index contributed by atoms with van der Waals surface area (Å²) in [5.41, 5.74) is 3.10. The van der Waals surface area contributed by atoms with E-state index in [4.69, 9.17) is 0 Å². The fourth-order valence-corrected chi connectivity index (χ4v) is 3.45. The lowest BCUT2D eigenvalue weighted by Gasteiger charge is -2.41. The van der Waals surface area contributed by atoms with Gasteiger partial charge in [0.25, 0.3) is 0 Å². The van der Waals surface area contributed by atoms with E-state index in [0.717, 1.165) is 23.7 Å². The average molecular weight is 204 g/mol. The van der Waals surface area contributed by atoms with Crippen molar-refractivity contribution in [1.82, 2.24) is 0 Å². The second kappa shape index (κ2) is 4.15. The standard InChI is InChI=1S/C15H24/c1-10(2)13-8-6-12(4)14-7-5-11(3)9-15(13)14/h9-10,12-14H,3,5-8H2,1-2,4H3/t12-,13+,14?/m0/s1. The van der Waals surface area contributed by atoms with Crippen molar-refractivity contribution >= 4 is 0 Å². The topological polar surface area (TPSA) is 0 Å². The smallest absolute Gasteiger partial charge is 0.0168 e. The molecule has 0 amide bonds. The zero-order valence-electron chi connectivity index (χ0n) is 10.4. The van der Waals surface area contributed by atoms with Crippen LogP contribution in [0.1, 0.15) is 46.5 Å². The summed E-state index contributed by atoms with van der Waals surface area (Å²) >= 11 is 0. The first-order valence-electron chi connectivity index (χ1n) is 6.49. The van der Waals surface area contributed by atoms with Crippen LogP contribution in [0.4, 0.5) is 0 Å². The van der Waals surface area contributed by atoms with E-state index in [1.165, 1.54) is 31.3 Å². The molecular weight excluding hydrogens is 180 g/mol. The molecule has 1 saturated carbocycles. The summed E-state index contributed by atoms with van der Waals surface area (Å²) in [6.07, 6.45) is 7.83. The van der Waals surface area contributed by atoms with Crippen LogP contribution < -0.4 is 0 Å². The average Bonchev–Trinajstić information content (AvgIpc) is 2.17. The lowest BCUT2D eigenvalue weighted by Crippen LogP contribution is -2.30. The third-order valence-corrected chi connectivity index (χ3v) is 4.43. The molecule has 0 N–H and O–H groups in total. The third-order valence-electron chi connectivity index (χ3n) is 4.43. The predicted octanol–water partition coefficient (Wildman–Crippen LogP) is 4.58. The van der Waals surface area contributed by atoms with Crippen LogP contribution in [0.3, 0.4) is 0 Å². The van der Waals surface area contributed by atoms with E-state index >= 15 is 0 Å². The highest BCUT2D eigenvalue weighted by atomic mass is 14.4. The van der Waals surface area contributed by atoms with Crippen LogP contribution in [0.2, 0.25) is 0 Å². The number of allylic oxidation sites excluding steroid dienone is 3. The van der Waals surface area contributed by atoms with Gasteiger partial charge >= 0.3 is 0 Å². The molecule has 0 heteroatoms. The van der Waals surface area contributed by atoms with Gasteiger partial charge in [0.05, 0.1) is 0 Å². The van der Waals surface area contributed by atoms with Crippen LogP contribution >= 0.6 is 0 Å². The monoisotopic (exact) mass is 204 g/mol. The van der Waals surface area contributed by atoms with Gasteiger partial charge in [0.15, 0.2) is 0 Å². The Morgan fingerprint density at radius 1 is 1.27 bits per heavy atom. The zero-order valence-corrected chi connectivity index (χ0v) is 10.4. The van der Waals surface area contributed by atoms with Gasteiger partial charge in [-0.15, -0.1) is 0 Å². The first-order valence-corrected chi connectivity index (χ1v) is 6.49. The highest BCUT2D eigenvalue weighted by Gasteiger charge is 2.35. The minimum atomic E-state index is 0.803. The summed E-state index contributed by atoms with van der Waals surface area (Å²) in [5, 5.41) is 0. The Bertz CT molecular complexity index is 282. The molecule has 15 heavy (non-hydrogen) atoms. The van der Waals surface area contributed by atoms with Gasteiger partial charge in [-0.05, 0) is 49.4 Å². The van der Waals surface area contributed by atoms with Gasteiger partial charge in [0.2, 0.25) is 0 Å². The quantitative estimate of drug-likeness (QED) is 0.586. The Balaban J connectivity index is 2.27. The van der Waals surface area contributed by atoms with Gasteiger partial charge in [-0.3, -0.25) is 0 Å². The lowest BCUT2D eigenvalue weighted by atomic mass is 9.64. The molecule has 0 aromatic carbocycles. The van der Waals surface area contributed by atoms with Crippen molar-refractivity contribution in [3.63, 3.8) is 0 Å². The highest BCUT2D eigenvalue weighted by Crippen LogP contribution is 2.46. The molecule has 3 atom stereocenters. The number of rotatable bonds is 1. The normalized spacial score (nSPS) is 36.4. The molecule has 0 aliphatic heterocycles. The minimum absolute atomic E-state index is 0.803. The van der Waals surface area contributed by atoms with Crippen molar-refractivity contribution in [1.29, 1.82) is 0 Å². The molecule has 0 saturated heterocycles. The van der Waals surface area contributed by atoms with Crippen molar-refractivity contribution < 1.29 is 0 Å². The van der Waals surface area contributed by atoms with Crippen LogP contribution in [-0.4, -0.2) is 0 Å². The van der Waals surface area contributed by atoms with Gasteiger partial charge in [-0.1, -0.05) is 44.6 Å². The molecule has 0 aromatic rings. The van der Waals surface area contributed by atoms with E-state index in [2.05, 4.69) is 33.4 Å². The molecule has 2 aliphatic rings. The maximum absolute atomic E-state index is 4.15. The molecule has 2 rings (SSSR count). The minimum Gasteiger partial charge on any atom is -0.0958 e. The van der Waals surface area contributed by atoms with E-state index in [1.807, 2.05) is 0 Å². The Kier molecular flexibility index (Phi) is 3.04. The summed E-state index contributed by atoms with van der Waals surface area (Å²) in [6, 6.07) is 0. The van der Waals surface area contributed by atoms with Crippen LogP contribution in [-0.2, 0) is 0 Å². The van der Waals surface area contributed by atoms with E-state index in [0.29, 0.717) is 0 Å². The summed E-state index contributed by atoms with van der Waals surface area (Å²) in [7, 11) is 0. The molecule has 1 fully saturated rings. The molecule has 0 spiro atoms. The Morgan fingerprint density at radius 2 is 2.00 bits per heavy atom. The van der Waals surface area contributed by atoms with Gasteiger partial charge in [-0.2, -0.15) is 0 Å². The first-order chi connectivity index (χ1) is 7.09. The van der Waals surface area contributed by atoms with E-state index in [-0.39, 0.29) is 0 Å². The second-order valence-electron chi connectivity index (χ2n) is 5.85. The van der Waals surface area contributed by atoms with Gasteiger partial charge in [-0.25, -0.2) is 0 Å². The van der Waals surface area contributed by atoms with E-state index < -0.39 is 0 Å². The first kappa shape index (κ1) is 11.0. The molecule has 1 unspecified atom stereocenters. The summed E-state index contributed by atoms with van der Waals surface area (Å²) in [6.45, 7) is 11.3. The van der Waals surface area contributed by atoms with Gasteiger partial charge in [0, 0.05) is 0 Å². The number of fused-ring (bicyclic) bond motifs is 1. The molecule has 84 valence electrons. The van der Waals surface area contributed by atoms with Crippen molar-refractivity contribution in [2.24, 2.45) is 23.7 Å². The summed E-state index contributed by atoms with van der Waals surface area (Å²) in [4.78, 5) is 0. The Morgan fingerprint density at radius 3 is 2.67 bits per heavy atom. The van der Waals surface area contributed by atoms with E-state index in [1.54, 1.807) is 5.57 Å². The largest absolute Gasteiger partial charge is 0.0958 e. The predicted molar refractivity (Wildman–Crippen MR) is 66.7 cm³/mol. The fourth-order valence-electron chi connectivity index (χ4n) is 3.45. The van der Waals surface area contributed by atoms with Gasteiger partial charge < -0.3 is 0 Å². The number of hydrogen-bond donors (Lipinski definition) is 0. The highest BCUT2D eigenvalue weighted by molar-refractivity contribution is 5.30. The molecule has 2 aliphatic carbocycles. The van der Waals surface area contributed by atoms with E-state index in [9.17, 15) is 0 Å². The maximum atomic E-state index is 4.15. The SMILES string of the molecule is C=C1C=C2C(CC1)[C@@H](C)CC[C@@H]2C(C)C. The van der Waals surface area contributed by atoms with Crippen LogP contribution in [0.15, 0.2) is 23.8 Å². The lowest BCUT2D eigenvalue weighted by molar-refractivity contribution is 0.224. The fraction of sp³-hybridized carbons (Fsp3) is 0.733. The van der Waals surface area contributed by atoms with Crippen molar-refractivity contribution in [3.8, 4) is 0 Å². The maximum Gasteiger partial charge on any atom is -0.0168 e. The second-order valence-corrected chi connectivity index (χ2v) is 5.85. The van der Waals surface area contributed by atoms with Crippen LogP contribution in [0.5, 0.6) is 0 Å². The van der Waals surface area contributed by atoms with Crippen molar-refractivity contribution in [2.75, 3.05) is 0 Å². The molecule has 0 radical (unpaired) electrons. The molecule has 0 aromatic heterocycles. The Labute approximate surface area is 94.5 Å². The molecular formula is C15H24. The van der Waals surface area contributed by atoms with Crippen LogP contribution in [0.25, 0.3) is 0 Å². The summed E-state index contributed by atoms with van der Waals surface area (Å²) < 4.78 is 0. The molecule has 0 nitrogen and oxygen atoms in total. The van der Waals surface area contributed by atoms with Gasteiger partial charge in [0.1, 0.15) is 0 Å². The van der Waals surface area contributed by atoms with Crippen molar-refractivity contribution in [3.05, 3.63) is 23.8 Å². The molecule has 0 heterocycles. The third kappa shape index (κ3) is 2.04.